The molecule has 10 N–H and O–H groups in total. The van der Waals surface area contributed by atoms with Gasteiger partial charge in [0.25, 0.3) is 0 Å². The first kappa shape index (κ1) is 35.2. The standard InChI is InChI=1S/C14H14O3.C13H12O2.C12H10O5/c1-9-2-3-10(13(16)6-9)7-11-4-5-12(15)8-14(11)17;14-12-7-3-1-5-10(12)9-11-6-2-4-8-13(11)15;13-7-1-6(2-8(14)3-7)12-10(16)4-9(15)5-11(12)17/h2-6,8,15-17H,7H2,1H3;1-8,14-15H,9H2;1-5,13-17H. The van der Waals surface area contributed by atoms with Crippen LogP contribution < -0.4 is 0 Å². The summed E-state index contributed by atoms with van der Waals surface area (Å²) in [5.41, 5.74) is 4.30. The predicted molar refractivity (Wildman–Crippen MR) is 185 cm³/mol. The number of hydrogen-bond acceptors (Lipinski definition) is 10. The van der Waals surface area contributed by atoms with E-state index >= 15 is 0 Å². The van der Waals surface area contributed by atoms with Crippen molar-refractivity contribution in [1.29, 1.82) is 0 Å². The summed E-state index contributed by atoms with van der Waals surface area (Å²) in [6.45, 7) is 1.90. The van der Waals surface area contributed by atoms with Crippen molar-refractivity contribution in [3.63, 3.8) is 0 Å². The van der Waals surface area contributed by atoms with Gasteiger partial charge in [-0.15, -0.1) is 0 Å². The number of para-hydroxylation sites is 2. The van der Waals surface area contributed by atoms with Crippen molar-refractivity contribution in [1.82, 2.24) is 0 Å². The summed E-state index contributed by atoms with van der Waals surface area (Å²) in [5.74, 6) is -0.588. The number of benzene rings is 6. The summed E-state index contributed by atoms with van der Waals surface area (Å²) < 4.78 is 0. The molecule has 6 aromatic rings. The van der Waals surface area contributed by atoms with Gasteiger partial charge in [0.15, 0.2) is 0 Å². The van der Waals surface area contributed by atoms with Gasteiger partial charge in [-0.25, -0.2) is 0 Å². The van der Waals surface area contributed by atoms with Crippen LogP contribution in [-0.2, 0) is 12.8 Å². The summed E-state index contributed by atoms with van der Waals surface area (Å²) in [6, 6.07) is 29.9. The van der Waals surface area contributed by atoms with E-state index in [1.54, 1.807) is 36.4 Å². The molecule has 0 fully saturated rings. The number of aryl methyl sites for hydroxylation is 1. The number of rotatable bonds is 5. The van der Waals surface area contributed by atoms with E-state index in [1.807, 2.05) is 43.3 Å². The molecular weight excluding hydrogens is 628 g/mol. The Hall–Kier alpha value is -6.68. The van der Waals surface area contributed by atoms with Gasteiger partial charge >= 0.3 is 0 Å². The van der Waals surface area contributed by atoms with Gasteiger partial charge in [0.1, 0.15) is 57.5 Å². The molecule has 49 heavy (non-hydrogen) atoms. The van der Waals surface area contributed by atoms with E-state index in [1.165, 1.54) is 24.3 Å². The van der Waals surface area contributed by atoms with Gasteiger partial charge < -0.3 is 51.1 Å². The fourth-order valence-corrected chi connectivity index (χ4v) is 4.89. The second kappa shape index (κ2) is 15.7. The van der Waals surface area contributed by atoms with Crippen LogP contribution in [0.5, 0.6) is 57.5 Å². The zero-order valence-corrected chi connectivity index (χ0v) is 26.4. The number of aromatic hydroxyl groups is 10. The molecule has 6 aromatic carbocycles. The largest absolute Gasteiger partial charge is 0.508 e. The third-order valence-electron chi connectivity index (χ3n) is 7.33. The highest BCUT2D eigenvalue weighted by Gasteiger charge is 2.14. The number of hydrogen-bond donors (Lipinski definition) is 10. The maximum absolute atomic E-state index is 9.77. The molecule has 0 saturated carbocycles. The molecule has 0 atom stereocenters. The Balaban J connectivity index is 0.000000166. The SMILES string of the molecule is Cc1ccc(Cc2ccc(O)cc2O)c(O)c1.Oc1cc(O)cc(-c2c(O)cc(O)cc2O)c1.Oc1ccccc1Cc1ccccc1O. The highest BCUT2D eigenvalue weighted by Crippen LogP contribution is 2.42. The average Bonchev–Trinajstić information content (AvgIpc) is 3.02. The summed E-state index contributed by atoms with van der Waals surface area (Å²) in [5, 5.41) is 94.8. The summed E-state index contributed by atoms with van der Waals surface area (Å²) in [6.07, 6.45) is 0.970. The minimum atomic E-state index is -0.354. The molecule has 0 bridgehead atoms. The van der Waals surface area contributed by atoms with Crippen molar-refractivity contribution < 1.29 is 51.1 Å². The lowest BCUT2D eigenvalue weighted by Crippen LogP contribution is -1.90. The van der Waals surface area contributed by atoms with E-state index < -0.39 is 0 Å². The highest BCUT2D eigenvalue weighted by molar-refractivity contribution is 5.79. The fraction of sp³-hybridized carbons (Fsp3) is 0.0769. The van der Waals surface area contributed by atoms with Crippen LogP contribution >= 0.6 is 0 Å². The first-order chi connectivity index (χ1) is 23.3. The molecule has 0 amide bonds. The molecule has 0 saturated heterocycles. The van der Waals surface area contributed by atoms with Crippen molar-refractivity contribution in [3.05, 3.63) is 143 Å². The molecule has 0 aromatic heterocycles. The van der Waals surface area contributed by atoms with E-state index in [9.17, 15) is 46.0 Å². The molecule has 0 aliphatic carbocycles. The topological polar surface area (TPSA) is 202 Å². The van der Waals surface area contributed by atoms with Crippen LogP contribution in [0.3, 0.4) is 0 Å². The fourth-order valence-electron chi connectivity index (χ4n) is 4.89. The smallest absolute Gasteiger partial charge is 0.130 e. The normalized spacial score (nSPS) is 10.3. The zero-order valence-electron chi connectivity index (χ0n) is 26.4. The van der Waals surface area contributed by atoms with Crippen molar-refractivity contribution in [2.24, 2.45) is 0 Å². The minimum Gasteiger partial charge on any atom is -0.508 e. The molecule has 0 unspecified atom stereocenters. The second-order valence-electron chi connectivity index (χ2n) is 11.2. The minimum absolute atomic E-state index is 0.0222. The van der Waals surface area contributed by atoms with E-state index in [-0.39, 0.29) is 68.6 Å². The molecule has 10 heteroatoms. The van der Waals surface area contributed by atoms with Gasteiger partial charge in [0, 0.05) is 37.1 Å². The summed E-state index contributed by atoms with van der Waals surface area (Å²) >= 11 is 0. The first-order valence-electron chi connectivity index (χ1n) is 14.9. The van der Waals surface area contributed by atoms with Crippen molar-refractivity contribution >= 4 is 0 Å². The molecular formula is C39H36O10. The van der Waals surface area contributed by atoms with Gasteiger partial charge in [0.2, 0.25) is 0 Å². The van der Waals surface area contributed by atoms with Gasteiger partial charge in [-0.1, -0.05) is 54.6 Å². The Kier molecular flexibility index (Phi) is 11.3. The van der Waals surface area contributed by atoms with Crippen LogP contribution in [0.1, 0.15) is 27.8 Å². The van der Waals surface area contributed by atoms with E-state index in [4.69, 9.17) is 5.11 Å². The Labute approximate surface area is 282 Å². The first-order valence-corrected chi connectivity index (χ1v) is 14.9. The van der Waals surface area contributed by atoms with E-state index in [0.29, 0.717) is 18.4 Å². The van der Waals surface area contributed by atoms with Gasteiger partial charge in [0.05, 0.1) is 5.56 Å². The van der Waals surface area contributed by atoms with E-state index in [2.05, 4.69) is 0 Å². The Morgan fingerprint density at radius 2 is 0.755 bits per heavy atom. The molecule has 0 radical (unpaired) electrons. The molecule has 0 spiro atoms. The summed E-state index contributed by atoms with van der Waals surface area (Å²) in [7, 11) is 0. The number of phenolic OH excluding ortho intramolecular Hbond substituents is 10. The van der Waals surface area contributed by atoms with Crippen LogP contribution in [0.25, 0.3) is 11.1 Å². The maximum Gasteiger partial charge on any atom is 0.130 e. The van der Waals surface area contributed by atoms with Crippen molar-refractivity contribution in [2.45, 2.75) is 19.8 Å². The molecule has 6 rings (SSSR count). The van der Waals surface area contributed by atoms with E-state index in [0.717, 1.165) is 40.5 Å². The third kappa shape index (κ3) is 9.66. The van der Waals surface area contributed by atoms with Crippen LogP contribution in [0.2, 0.25) is 0 Å². The lowest BCUT2D eigenvalue weighted by atomic mass is 10.0. The lowest BCUT2D eigenvalue weighted by Gasteiger charge is -2.09. The molecule has 0 heterocycles. The zero-order chi connectivity index (χ0) is 35.7. The second-order valence-corrected chi connectivity index (χ2v) is 11.2. The Morgan fingerprint density at radius 1 is 0.347 bits per heavy atom. The molecule has 0 aliphatic rings. The Bertz CT molecular complexity index is 1920. The maximum atomic E-state index is 9.77. The molecule has 10 nitrogen and oxygen atoms in total. The molecule has 0 aliphatic heterocycles. The average molecular weight is 665 g/mol. The highest BCUT2D eigenvalue weighted by atomic mass is 16.3. The van der Waals surface area contributed by atoms with Crippen LogP contribution in [0.4, 0.5) is 0 Å². The van der Waals surface area contributed by atoms with Crippen molar-refractivity contribution in [2.75, 3.05) is 0 Å². The van der Waals surface area contributed by atoms with Crippen LogP contribution in [0.15, 0.2) is 115 Å². The van der Waals surface area contributed by atoms with Gasteiger partial charge in [-0.3, -0.25) is 0 Å². The van der Waals surface area contributed by atoms with Gasteiger partial charge in [-0.2, -0.15) is 0 Å². The lowest BCUT2D eigenvalue weighted by molar-refractivity contribution is 0.430. The van der Waals surface area contributed by atoms with Gasteiger partial charge in [-0.05, 0) is 76.7 Å². The van der Waals surface area contributed by atoms with Crippen molar-refractivity contribution in [3.8, 4) is 68.6 Å². The number of phenols is 10. The monoisotopic (exact) mass is 664 g/mol. The van der Waals surface area contributed by atoms with Crippen LogP contribution in [-0.4, -0.2) is 51.1 Å². The quantitative estimate of drug-likeness (QED) is 0.0893. The third-order valence-corrected chi connectivity index (χ3v) is 7.33. The van der Waals surface area contributed by atoms with Crippen LogP contribution in [0, 0.1) is 6.92 Å². The summed E-state index contributed by atoms with van der Waals surface area (Å²) in [4.78, 5) is 0. The predicted octanol–water partition coefficient (Wildman–Crippen LogP) is 7.27. The Morgan fingerprint density at radius 3 is 1.22 bits per heavy atom. The molecule has 252 valence electrons.